The van der Waals surface area contributed by atoms with Crippen molar-refractivity contribution in [1.29, 1.82) is 0 Å². The molecule has 0 atom stereocenters. The minimum atomic E-state index is -0.446. The molecule has 0 fully saturated rings. The van der Waals surface area contributed by atoms with Crippen molar-refractivity contribution in [1.82, 2.24) is 15.0 Å². The van der Waals surface area contributed by atoms with Crippen LogP contribution in [0.2, 0.25) is 0 Å². The Bertz CT molecular complexity index is 1460. The van der Waals surface area contributed by atoms with Crippen molar-refractivity contribution in [3.05, 3.63) is 113 Å². The number of non-ortho nitro benzene ring substituents is 1. The molecule has 0 saturated carbocycles. The highest BCUT2D eigenvalue weighted by molar-refractivity contribution is 5.78. The fourth-order valence-electron chi connectivity index (χ4n) is 3.32. The average molecular weight is 492 g/mol. The third kappa shape index (κ3) is 6.11. The second kappa shape index (κ2) is 10.8. The fraction of sp³-hybridized carbons (Fsp3) is 0. The van der Waals surface area contributed by atoms with Gasteiger partial charge in [-0.25, -0.2) is 5.43 Å². The number of nitrogens with one attached hydrogen (secondary N) is 3. The van der Waals surface area contributed by atoms with E-state index >= 15 is 0 Å². The van der Waals surface area contributed by atoms with Crippen LogP contribution in [0.15, 0.2) is 107 Å². The van der Waals surface area contributed by atoms with E-state index in [0.717, 1.165) is 11.4 Å². The van der Waals surface area contributed by atoms with Crippen molar-refractivity contribution in [3.8, 4) is 11.3 Å². The van der Waals surface area contributed by atoms with Gasteiger partial charge in [-0.15, -0.1) is 0 Å². The summed E-state index contributed by atoms with van der Waals surface area (Å²) in [4.78, 5) is 23.6. The molecule has 0 radical (unpaired) electrons. The maximum Gasteiger partial charge on any atom is 0.269 e. The van der Waals surface area contributed by atoms with E-state index in [-0.39, 0.29) is 11.6 Å². The van der Waals surface area contributed by atoms with Crippen LogP contribution in [-0.2, 0) is 0 Å². The molecule has 0 spiro atoms. The number of benzene rings is 3. The van der Waals surface area contributed by atoms with Crippen molar-refractivity contribution in [2.45, 2.75) is 0 Å². The van der Waals surface area contributed by atoms with Crippen LogP contribution in [-0.4, -0.2) is 26.1 Å². The lowest BCUT2D eigenvalue weighted by Gasteiger charge is -2.10. The standard InChI is InChI=1S/C26H20N8O3/c35-34(36)21-13-11-18(12-14-21)23-16-15-22(37-23)17-27-33-26-31-24(28-19-7-3-1-4-8-19)30-25(32-26)29-20-9-5-2-6-10-20/h1-17H,(H3,28,29,30,31,32,33)/b27-17-. The number of nitrogens with zero attached hydrogens (tertiary/aromatic N) is 5. The van der Waals surface area contributed by atoms with Gasteiger partial charge in [0.05, 0.1) is 11.1 Å². The van der Waals surface area contributed by atoms with Crippen LogP contribution in [0.25, 0.3) is 11.3 Å². The van der Waals surface area contributed by atoms with Gasteiger partial charge < -0.3 is 15.1 Å². The number of nitro groups is 1. The Morgan fingerprint density at radius 3 is 1.86 bits per heavy atom. The summed E-state index contributed by atoms with van der Waals surface area (Å²) < 4.78 is 5.78. The second-order valence-electron chi connectivity index (χ2n) is 7.66. The summed E-state index contributed by atoms with van der Waals surface area (Å²) >= 11 is 0. The van der Waals surface area contributed by atoms with E-state index in [1.165, 1.54) is 18.3 Å². The Morgan fingerprint density at radius 2 is 1.30 bits per heavy atom. The van der Waals surface area contributed by atoms with E-state index in [1.54, 1.807) is 24.3 Å². The summed E-state index contributed by atoms with van der Waals surface area (Å²) in [5.41, 5.74) is 5.18. The highest BCUT2D eigenvalue weighted by atomic mass is 16.6. The van der Waals surface area contributed by atoms with Gasteiger partial charge in [-0.05, 0) is 48.5 Å². The first-order valence-corrected chi connectivity index (χ1v) is 11.2. The van der Waals surface area contributed by atoms with Gasteiger partial charge >= 0.3 is 0 Å². The lowest BCUT2D eigenvalue weighted by atomic mass is 10.1. The molecule has 0 amide bonds. The summed E-state index contributed by atoms with van der Waals surface area (Å²) in [5.74, 6) is 1.90. The van der Waals surface area contributed by atoms with Crippen molar-refractivity contribution < 1.29 is 9.34 Å². The van der Waals surface area contributed by atoms with Crippen LogP contribution < -0.4 is 16.1 Å². The number of hydrazone groups is 1. The summed E-state index contributed by atoms with van der Waals surface area (Å²) in [5, 5.41) is 21.3. The predicted octanol–water partition coefficient (Wildman–Crippen LogP) is 5.97. The normalized spacial score (nSPS) is 10.8. The lowest BCUT2D eigenvalue weighted by molar-refractivity contribution is -0.384. The maximum atomic E-state index is 10.8. The summed E-state index contributed by atoms with van der Waals surface area (Å²) in [6.07, 6.45) is 1.48. The molecular formula is C26H20N8O3. The van der Waals surface area contributed by atoms with Crippen LogP contribution >= 0.6 is 0 Å². The molecule has 0 bridgehead atoms. The van der Waals surface area contributed by atoms with Crippen LogP contribution in [0.1, 0.15) is 5.76 Å². The van der Waals surface area contributed by atoms with Crippen LogP contribution in [0.4, 0.5) is 34.9 Å². The first-order chi connectivity index (χ1) is 18.1. The zero-order valence-electron chi connectivity index (χ0n) is 19.3. The van der Waals surface area contributed by atoms with Gasteiger partial charge in [0, 0.05) is 29.1 Å². The molecular weight excluding hydrogens is 472 g/mol. The zero-order valence-corrected chi connectivity index (χ0v) is 19.3. The molecule has 11 nitrogen and oxygen atoms in total. The summed E-state index contributed by atoms with van der Waals surface area (Å²) in [6, 6.07) is 28.7. The van der Waals surface area contributed by atoms with E-state index in [0.29, 0.717) is 29.0 Å². The van der Waals surface area contributed by atoms with Crippen molar-refractivity contribution in [3.63, 3.8) is 0 Å². The van der Waals surface area contributed by atoms with Crippen LogP contribution in [0.3, 0.4) is 0 Å². The number of anilines is 5. The van der Waals surface area contributed by atoms with Gasteiger partial charge in [-0.1, -0.05) is 36.4 Å². The summed E-state index contributed by atoms with van der Waals surface area (Å²) in [7, 11) is 0. The van der Waals surface area contributed by atoms with Crippen molar-refractivity contribution >= 4 is 41.1 Å². The maximum absolute atomic E-state index is 10.8. The molecule has 3 aromatic carbocycles. The second-order valence-corrected chi connectivity index (χ2v) is 7.66. The third-order valence-electron chi connectivity index (χ3n) is 5.04. The highest BCUT2D eigenvalue weighted by Crippen LogP contribution is 2.24. The molecule has 11 heteroatoms. The summed E-state index contributed by atoms with van der Waals surface area (Å²) in [6.45, 7) is 0. The number of nitro benzene ring substituents is 1. The number of para-hydroxylation sites is 2. The molecule has 182 valence electrons. The number of aromatic nitrogens is 3. The number of furan rings is 1. The molecule has 37 heavy (non-hydrogen) atoms. The Labute approximate surface area is 211 Å². The van der Waals surface area contributed by atoms with E-state index in [9.17, 15) is 10.1 Å². The van der Waals surface area contributed by atoms with Gasteiger partial charge in [0.1, 0.15) is 11.5 Å². The quantitative estimate of drug-likeness (QED) is 0.129. The first kappa shape index (κ1) is 23.2. The monoisotopic (exact) mass is 492 g/mol. The number of hydrogen-bond donors (Lipinski definition) is 3. The smallest absolute Gasteiger partial charge is 0.269 e. The Morgan fingerprint density at radius 1 is 0.730 bits per heavy atom. The molecule has 0 unspecified atom stereocenters. The van der Waals surface area contributed by atoms with Gasteiger partial charge in [0.25, 0.3) is 5.69 Å². The molecule has 0 saturated heterocycles. The van der Waals surface area contributed by atoms with Crippen LogP contribution in [0, 0.1) is 10.1 Å². The van der Waals surface area contributed by atoms with Crippen molar-refractivity contribution in [2.75, 3.05) is 16.1 Å². The largest absolute Gasteiger partial charge is 0.455 e. The number of hydrogen-bond acceptors (Lipinski definition) is 10. The molecule has 2 aromatic heterocycles. The van der Waals surface area contributed by atoms with E-state index < -0.39 is 4.92 Å². The number of rotatable bonds is 9. The fourth-order valence-corrected chi connectivity index (χ4v) is 3.32. The zero-order chi connectivity index (χ0) is 25.5. The molecule has 0 aliphatic heterocycles. The molecule has 2 heterocycles. The first-order valence-electron chi connectivity index (χ1n) is 11.2. The molecule has 0 aliphatic rings. The topological polar surface area (TPSA) is 143 Å². The van der Waals surface area contributed by atoms with Gasteiger partial charge in [-0.3, -0.25) is 10.1 Å². The molecule has 0 aliphatic carbocycles. The van der Waals surface area contributed by atoms with E-state index in [1.807, 2.05) is 60.7 Å². The molecule has 5 aromatic rings. The van der Waals surface area contributed by atoms with Gasteiger partial charge in [0.15, 0.2) is 0 Å². The Balaban J connectivity index is 1.32. The Hall–Kier alpha value is -5.58. The highest BCUT2D eigenvalue weighted by Gasteiger charge is 2.09. The van der Waals surface area contributed by atoms with E-state index in [2.05, 4.69) is 36.1 Å². The van der Waals surface area contributed by atoms with Crippen LogP contribution in [0.5, 0.6) is 0 Å². The van der Waals surface area contributed by atoms with Crippen molar-refractivity contribution in [2.24, 2.45) is 5.10 Å². The van der Waals surface area contributed by atoms with E-state index in [4.69, 9.17) is 4.42 Å². The predicted molar refractivity (Wildman–Crippen MR) is 141 cm³/mol. The molecule has 5 rings (SSSR count). The minimum absolute atomic E-state index is 0.0147. The van der Waals surface area contributed by atoms with Gasteiger partial charge in [-0.2, -0.15) is 20.1 Å². The average Bonchev–Trinajstić information content (AvgIpc) is 3.39. The third-order valence-corrected chi connectivity index (χ3v) is 5.04. The molecule has 3 N–H and O–H groups in total. The van der Waals surface area contributed by atoms with Gasteiger partial charge in [0.2, 0.25) is 17.8 Å². The lowest BCUT2D eigenvalue weighted by Crippen LogP contribution is -2.07. The SMILES string of the molecule is O=[N+]([O-])c1ccc(-c2ccc(/C=N\Nc3nc(Nc4ccccc4)nc(Nc4ccccc4)n3)o2)cc1. The minimum Gasteiger partial charge on any atom is -0.455 e. The Kier molecular flexibility index (Phi) is 6.75.